The van der Waals surface area contributed by atoms with Gasteiger partial charge in [0.2, 0.25) is 11.6 Å². The highest BCUT2D eigenvalue weighted by molar-refractivity contribution is 6.23. The highest BCUT2D eigenvalue weighted by Crippen LogP contribution is 2.27. The average Bonchev–Trinajstić information content (AvgIpc) is 2.59. The molecule has 1 aromatic rings. The summed E-state index contributed by atoms with van der Waals surface area (Å²) in [5.74, 6) is 0.597. The van der Waals surface area contributed by atoms with Gasteiger partial charge < -0.3 is 5.32 Å². The Labute approximate surface area is 143 Å². The van der Waals surface area contributed by atoms with Crippen molar-refractivity contribution in [3.05, 3.63) is 40.9 Å². The van der Waals surface area contributed by atoms with E-state index in [9.17, 15) is 9.59 Å². The van der Waals surface area contributed by atoms with Crippen molar-refractivity contribution in [2.75, 3.05) is 6.54 Å². The van der Waals surface area contributed by atoms with Crippen LogP contribution in [0.15, 0.2) is 23.9 Å². The molecule has 1 saturated carbocycles. The first kappa shape index (κ1) is 16.9. The van der Waals surface area contributed by atoms with Crippen LogP contribution in [0.1, 0.15) is 77.9 Å². The van der Waals surface area contributed by atoms with Gasteiger partial charge in [0.15, 0.2) is 0 Å². The third kappa shape index (κ3) is 3.92. The summed E-state index contributed by atoms with van der Waals surface area (Å²) in [5, 5.41) is 3.16. The number of aryl methyl sites for hydroxylation is 1. The average molecular weight is 326 g/mol. The number of nitrogens with one attached hydrogen (secondary N) is 1. The van der Waals surface area contributed by atoms with Gasteiger partial charge in [0, 0.05) is 18.3 Å². The Balaban J connectivity index is 1.48. The quantitative estimate of drug-likeness (QED) is 0.803. The number of Topliss-reactive ketones (excluding diaryl/α,β-unsaturated/α-hetero) is 1. The molecule has 0 aromatic carbocycles. The molecule has 0 aliphatic heterocycles. The molecule has 1 heterocycles. The molecule has 0 spiro atoms. The van der Waals surface area contributed by atoms with E-state index in [1.165, 1.54) is 51.0 Å². The summed E-state index contributed by atoms with van der Waals surface area (Å²) in [4.78, 5) is 28.8. The fraction of sp³-hybridized carbons (Fsp3) is 0.550. The number of carbonyl (C=O) groups is 2. The monoisotopic (exact) mass is 326 g/mol. The van der Waals surface area contributed by atoms with E-state index in [1.807, 2.05) is 6.92 Å². The molecule has 0 amide bonds. The minimum Gasteiger partial charge on any atom is -0.382 e. The molecular weight excluding hydrogens is 300 g/mol. The fourth-order valence-corrected chi connectivity index (χ4v) is 3.73. The van der Waals surface area contributed by atoms with Gasteiger partial charge in [-0.2, -0.15) is 0 Å². The van der Waals surface area contributed by atoms with E-state index in [0.717, 1.165) is 24.6 Å². The van der Waals surface area contributed by atoms with E-state index in [0.29, 0.717) is 11.3 Å². The standard InChI is InChI=1S/C20H26N2O2/c1-14-10-11-16-19(22-14)18(23)13-17(20(16)24)21-12-6-5-9-15-7-3-2-4-8-15/h10-11,13,15,21H,2-9,12H2,1H3. The van der Waals surface area contributed by atoms with Crippen molar-refractivity contribution in [3.8, 4) is 0 Å². The Morgan fingerprint density at radius 2 is 1.92 bits per heavy atom. The first-order chi connectivity index (χ1) is 11.6. The minimum absolute atomic E-state index is 0.121. The van der Waals surface area contributed by atoms with Crippen molar-refractivity contribution in [2.24, 2.45) is 5.92 Å². The van der Waals surface area contributed by atoms with E-state index < -0.39 is 0 Å². The zero-order chi connectivity index (χ0) is 16.9. The fourth-order valence-electron chi connectivity index (χ4n) is 3.73. The summed E-state index contributed by atoms with van der Waals surface area (Å²) >= 11 is 0. The van der Waals surface area contributed by atoms with E-state index in [-0.39, 0.29) is 17.3 Å². The summed E-state index contributed by atoms with van der Waals surface area (Å²) < 4.78 is 0. The van der Waals surface area contributed by atoms with Crippen molar-refractivity contribution in [2.45, 2.75) is 58.3 Å². The molecule has 24 heavy (non-hydrogen) atoms. The second-order valence-corrected chi connectivity index (χ2v) is 7.03. The smallest absolute Gasteiger partial charge is 0.211 e. The predicted octanol–water partition coefficient (Wildman–Crippen LogP) is 3.99. The lowest BCUT2D eigenvalue weighted by atomic mass is 9.86. The summed E-state index contributed by atoms with van der Waals surface area (Å²) in [7, 11) is 0. The Bertz CT molecular complexity index is 658. The van der Waals surface area contributed by atoms with Gasteiger partial charge in [-0.3, -0.25) is 9.59 Å². The van der Waals surface area contributed by atoms with Gasteiger partial charge >= 0.3 is 0 Å². The molecule has 0 radical (unpaired) electrons. The number of fused-ring (bicyclic) bond motifs is 1. The first-order valence-electron chi connectivity index (χ1n) is 9.17. The maximum absolute atomic E-state index is 12.5. The molecule has 4 nitrogen and oxygen atoms in total. The van der Waals surface area contributed by atoms with Gasteiger partial charge in [-0.1, -0.05) is 44.9 Å². The zero-order valence-electron chi connectivity index (χ0n) is 14.4. The van der Waals surface area contributed by atoms with E-state index >= 15 is 0 Å². The summed E-state index contributed by atoms with van der Waals surface area (Å²) in [6.07, 6.45) is 11.9. The Morgan fingerprint density at radius 1 is 1.12 bits per heavy atom. The van der Waals surface area contributed by atoms with Crippen LogP contribution in [-0.4, -0.2) is 23.1 Å². The molecule has 128 valence electrons. The minimum atomic E-state index is -0.182. The molecule has 0 unspecified atom stereocenters. The van der Waals surface area contributed by atoms with Crippen molar-refractivity contribution >= 4 is 11.6 Å². The molecule has 0 saturated heterocycles. The number of unbranched alkanes of at least 4 members (excludes halogenated alkanes) is 1. The summed E-state index contributed by atoms with van der Waals surface area (Å²) in [6, 6.07) is 3.48. The van der Waals surface area contributed by atoms with Crippen LogP contribution in [0, 0.1) is 12.8 Å². The summed E-state index contributed by atoms with van der Waals surface area (Å²) in [5.41, 5.74) is 1.86. The largest absolute Gasteiger partial charge is 0.382 e. The van der Waals surface area contributed by atoms with Gasteiger partial charge in [-0.05, 0) is 31.4 Å². The maximum Gasteiger partial charge on any atom is 0.211 e. The lowest BCUT2D eigenvalue weighted by molar-refractivity contribution is 0.0974. The lowest BCUT2D eigenvalue weighted by Gasteiger charge is -2.21. The molecule has 1 aromatic heterocycles. The second kappa shape index (κ2) is 7.73. The van der Waals surface area contributed by atoms with Gasteiger partial charge in [0.05, 0.1) is 11.3 Å². The number of rotatable bonds is 6. The van der Waals surface area contributed by atoms with Crippen LogP contribution in [0.2, 0.25) is 0 Å². The predicted molar refractivity (Wildman–Crippen MR) is 94.1 cm³/mol. The third-order valence-corrected chi connectivity index (χ3v) is 5.11. The number of carbonyl (C=O) groups excluding carboxylic acids is 2. The zero-order valence-corrected chi connectivity index (χ0v) is 14.4. The highest BCUT2D eigenvalue weighted by Gasteiger charge is 2.26. The molecule has 4 heteroatoms. The van der Waals surface area contributed by atoms with Crippen LogP contribution in [0.4, 0.5) is 0 Å². The third-order valence-electron chi connectivity index (χ3n) is 5.11. The van der Waals surface area contributed by atoms with Crippen molar-refractivity contribution in [1.82, 2.24) is 10.3 Å². The highest BCUT2D eigenvalue weighted by atomic mass is 16.1. The molecule has 0 bridgehead atoms. The number of hydrogen-bond acceptors (Lipinski definition) is 4. The van der Waals surface area contributed by atoms with Crippen molar-refractivity contribution < 1.29 is 9.59 Å². The van der Waals surface area contributed by atoms with Crippen LogP contribution in [-0.2, 0) is 0 Å². The van der Waals surface area contributed by atoms with Gasteiger partial charge in [-0.15, -0.1) is 0 Å². The van der Waals surface area contributed by atoms with E-state index in [4.69, 9.17) is 0 Å². The van der Waals surface area contributed by atoms with Crippen LogP contribution in [0.5, 0.6) is 0 Å². The van der Waals surface area contributed by atoms with Crippen molar-refractivity contribution in [3.63, 3.8) is 0 Å². The maximum atomic E-state index is 12.5. The van der Waals surface area contributed by atoms with Gasteiger partial charge in [-0.25, -0.2) is 4.98 Å². The lowest BCUT2D eigenvalue weighted by Crippen LogP contribution is -2.28. The molecule has 2 aliphatic carbocycles. The van der Waals surface area contributed by atoms with Crippen LogP contribution >= 0.6 is 0 Å². The van der Waals surface area contributed by atoms with Gasteiger partial charge in [0.1, 0.15) is 5.69 Å². The molecule has 1 N–H and O–H groups in total. The Hall–Kier alpha value is -1.97. The number of hydrogen-bond donors (Lipinski definition) is 1. The number of pyridine rings is 1. The van der Waals surface area contributed by atoms with E-state index in [2.05, 4.69) is 10.3 Å². The van der Waals surface area contributed by atoms with Crippen LogP contribution in [0.3, 0.4) is 0 Å². The molecule has 0 atom stereocenters. The normalized spacial score (nSPS) is 18.3. The number of nitrogens with zero attached hydrogens (tertiary/aromatic N) is 1. The number of allylic oxidation sites excluding steroid dienone is 2. The molecule has 2 aliphatic rings. The van der Waals surface area contributed by atoms with Crippen LogP contribution < -0.4 is 5.32 Å². The van der Waals surface area contributed by atoms with Crippen LogP contribution in [0.25, 0.3) is 0 Å². The Morgan fingerprint density at radius 3 is 2.71 bits per heavy atom. The second-order valence-electron chi connectivity index (χ2n) is 7.03. The van der Waals surface area contributed by atoms with Gasteiger partial charge in [0.25, 0.3) is 0 Å². The Kier molecular flexibility index (Phi) is 5.44. The SMILES string of the molecule is Cc1ccc2c(n1)C(=O)C=C(NCCCCC1CCCCC1)C2=O. The number of aromatic nitrogens is 1. The van der Waals surface area contributed by atoms with Crippen molar-refractivity contribution in [1.29, 1.82) is 0 Å². The molecular formula is C20H26N2O2. The molecule has 1 fully saturated rings. The molecule has 3 rings (SSSR count). The summed E-state index contributed by atoms with van der Waals surface area (Å²) in [6.45, 7) is 2.56. The van der Waals surface area contributed by atoms with E-state index in [1.54, 1.807) is 12.1 Å². The number of ketones is 2. The first-order valence-corrected chi connectivity index (χ1v) is 9.17. The topological polar surface area (TPSA) is 59.1 Å².